The second-order valence-corrected chi connectivity index (χ2v) is 3.86. The molecular formula is C11H17N3O. The number of nitrogens with one attached hydrogen (secondary N) is 1. The van der Waals surface area contributed by atoms with Crippen molar-refractivity contribution >= 4 is 0 Å². The molecule has 0 amide bonds. The van der Waals surface area contributed by atoms with Crippen LogP contribution in [0.5, 0.6) is 0 Å². The molecule has 1 aromatic heterocycles. The molecule has 1 fully saturated rings. The van der Waals surface area contributed by atoms with Gasteiger partial charge >= 0.3 is 0 Å². The molecule has 0 radical (unpaired) electrons. The fraction of sp³-hybridized carbons (Fsp3) is 0.636. The third kappa shape index (κ3) is 2.97. The molecule has 1 unspecified atom stereocenters. The highest BCUT2D eigenvalue weighted by Gasteiger charge is 2.17. The molecule has 1 N–H and O–H groups in total. The second kappa shape index (κ2) is 5.19. The van der Waals surface area contributed by atoms with E-state index in [1.54, 1.807) is 18.6 Å². The van der Waals surface area contributed by atoms with Crippen molar-refractivity contribution in [3.63, 3.8) is 0 Å². The van der Waals surface area contributed by atoms with Crippen molar-refractivity contribution in [1.29, 1.82) is 0 Å². The topological polar surface area (TPSA) is 47.0 Å². The van der Waals surface area contributed by atoms with E-state index in [-0.39, 0.29) is 6.10 Å². The molecule has 0 saturated carbocycles. The first-order valence-corrected chi connectivity index (χ1v) is 5.48. The van der Waals surface area contributed by atoms with Crippen molar-refractivity contribution in [3.8, 4) is 0 Å². The molecule has 0 spiro atoms. The van der Waals surface area contributed by atoms with E-state index in [1.807, 2.05) is 6.92 Å². The maximum absolute atomic E-state index is 5.93. The van der Waals surface area contributed by atoms with Crippen molar-refractivity contribution < 1.29 is 4.74 Å². The van der Waals surface area contributed by atoms with Crippen LogP contribution in [0.1, 0.15) is 31.6 Å². The maximum Gasteiger partial charge on any atom is 0.0985 e. The summed E-state index contributed by atoms with van der Waals surface area (Å²) < 4.78 is 5.93. The lowest BCUT2D eigenvalue weighted by Gasteiger charge is -2.25. The Morgan fingerprint density at radius 2 is 2.20 bits per heavy atom. The second-order valence-electron chi connectivity index (χ2n) is 3.86. The summed E-state index contributed by atoms with van der Waals surface area (Å²) in [4.78, 5) is 8.29. The maximum atomic E-state index is 5.93. The largest absolute Gasteiger partial charge is 0.369 e. The Labute approximate surface area is 90.1 Å². The van der Waals surface area contributed by atoms with Crippen molar-refractivity contribution in [2.24, 2.45) is 0 Å². The monoisotopic (exact) mass is 207 g/mol. The third-order valence-electron chi connectivity index (χ3n) is 2.68. The summed E-state index contributed by atoms with van der Waals surface area (Å²) in [5.41, 5.74) is 0.913. The van der Waals surface area contributed by atoms with Gasteiger partial charge in [-0.05, 0) is 32.9 Å². The standard InChI is InChI=1S/C11H17N3O/c1-9(11-8-13-6-7-14-11)15-10-2-4-12-5-3-10/h6-10,12H,2-5H2,1H3. The van der Waals surface area contributed by atoms with Crippen molar-refractivity contribution in [2.75, 3.05) is 13.1 Å². The van der Waals surface area contributed by atoms with Crippen LogP contribution in [0, 0.1) is 0 Å². The fourth-order valence-electron chi connectivity index (χ4n) is 1.81. The first kappa shape index (κ1) is 10.5. The molecule has 1 aliphatic heterocycles. The van der Waals surface area contributed by atoms with Gasteiger partial charge in [0.15, 0.2) is 0 Å². The van der Waals surface area contributed by atoms with Crippen LogP contribution in [0.3, 0.4) is 0 Å². The molecule has 2 rings (SSSR count). The van der Waals surface area contributed by atoms with Crippen molar-refractivity contribution in [2.45, 2.75) is 32.0 Å². The normalized spacial score (nSPS) is 20.1. The van der Waals surface area contributed by atoms with Crippen LogP contribution in [-0.2, 0) is 4.74 Å². The minimum Gasteiger partial charge on any atom is -0.369 e. The Bertz CT molecular complexity index is 285. The predicted octanol–water partition coefficient (Wildman–Crippen LogP) is 1.31. The Balaban J connectivity index is 1.88. The highest BCUT2D eigenvalue weighted by Crippen LogP contribution is 2.19. The highest BCUT2D eigenvalue weighted by molar-refractivity contribution is 4.98. The van der Waals surface area contributed by atoms with Gasteiger partial charge in [-0.1, -0.05) is 0 Å². The Morgan fingerprint density at radius 1 is 1.40 bits per heavy atom. The number of hydrogen-bond donors (Lipinski definition) is 1. The van der Waals surface area contributed by atoms with Crippen LogP contribution in [0.4, 0.5) is 0 Å². The number of ether oxygens (including phenoxy) is 1. The SMILES string of the molecule is CC(OC1CCNCC1)c1cnccn1. The van der Waals surface area contributed by atoms with Crippen molar-refractivity contribution in [1.82, 2.24) is 15.3 Å². The summed E-state index contributed by atoms with van der Waals surface area (Å²) in [5.74, 6) is 0. The van der Waals surface area contributed by atoms with Crippen LogP contribution < -0.4 is 5.32 Å². The lowest BCUT2D eigenvalue weighted by atomic mass is 10.1. The zero-order valence-corrected chi connectivity index (χ0v) is 9.02. The van der Waals surface area contributed by atoms with Crippen LogP contribution in [-0.4, -0.2) is 29.2 Å². The average Bonchev–Trinajstić information content (AvgIpc) is 2.31. The van der Waals surface area contributed by atoms with Gasteiger partial charge in [-0.15, -0.1) is 0 Å². The molecule has 1 atom stereocenters. The van der Waals surface area contributed by atoms with Crippen LogP contribution in [0.15, 0.2) is 18.6 Å². The molecule has 1 aliphatic rings. The van der Waals surface area contributed by atoms with E-state index in [4.69, 9.17) is 4.74 Å². The van der Waals surface area contributed by atoms with Gasteiger partial charge < -0.3 is 10.1 Å². The Hall–Kier alpha value is -1.00. The van der Waals surface area contributed by atoms with Gasteiger partial charge in [0.2, 0.25) is 0 Å². The lowest BCUT2D eigenvalue weighted by molar-refractivity contribution is -0.0207. The smallest absolute Gasteiger partial charge is 0.0985 e. The molecule has 4 heteroatoms. The summed E-state index contributed by atoms with van der Waals surface area (Å²) in [5, 5.41) is 3.32. The van der Waals surface area contributed by atoms with E-state index in [1.165, 1.54) is 0 Å². The number of hydrogen-bond acceptors (Lipinski definition) is 4. The van der Waals surface area contributed by atoms with E-state index in [2.05, 4.69) is 15.3 Å². The van der Waals surface area contributed by atoms with Gasteiger partial charge in [-0.3, -0.25) is 9.97 Å². The minimum absolute atomic E-state index is 0.0433. The van der Waals surface area contributed by atoms with Gasteiger partial charge in [0.1, 0.15) is 0 Å². The number of aromatic nitrogens is 2. The zero-order valence-electron chi connectivity index (χ0n) is 9.02. The zero-order chi connectivity index (χ0) is 10.5. The molecule has 4 nitrogen and oxygen atoms in total. The molecule has 1 saturated heterocycles. The van der Waals surface area contributed by atoms with Gasteiger partial charge in [0, 0.05) is 12.4 Å². The van der Waals surface area contributed by atoms with Crippen LogP contribution in [0.2, 0.25) is 0 Å². The van der Waals surface area contributed by atoms with Crippen LogP contribution in [0.25, 0.3) is 0 Å². The predicted molar refractivity (Wildman–Crippen MR) is 57.4 cm³/mol. The third-order valence-corrected chi connectivity index (χ3v) is 2.68. The van der Waals surface area contributed by atoms with Gasteiger partial charge in [0.25, 0.3) is 0 Å². The molecule has 0 aliphatic carbocycles. The Morgan fingerprint density at radius 3 is 2.87 bits per heavy atom. The number of nitrogens with zero attached hydrogens (tertiary/aromatic N) is 2. The molecule has 82 valence electrons. The Kier molecular flexibility index (Phi) is 3.64. The number of rotatable bonds is 3. The molecular weight excluding hydrogens is 190 g/mol. The molecule has 0 aromatic carbocycles. The first-order chi connectivity index (χ1) is 7.36. The van der Waals surface area contributed by atoms with E-state index >= 15 is 0 Å². The first-order valence-electron chi connectivity index (χ1n) is 5.48. The van der Waals surface area contributed by atoms with Gasteiger partial charge in [-0.25, -0.2) is 0 Å². The van der Waals surface area contributed by atoms with E-state index in [9.17, 15) is 0 Å². The molecule has 0 bridgehead atoms. The van der Waals surface area contributed by atoms with E-state index in [0.29, 0.717) is 6.10 Å². The van der Waals surface area contributed by atoms with E-state index < -0.39 is 0 Å². The van der Waals surface area contributed by atoms with Crippen LogP contribution >= 0.6 is 0 Å². The molecule has 1 aromatic rings. The summed E-state index contributed by atoms with van der Waals surface area (Å²) in [6.45, 7) is 4.14. The van der Waals surface area contributed by atoms with E-state index in [0.717, 1.165) is 31.6 Å². The average molecular weight is 207 g/mol. The van der Waals surface area contributed by atoms with Gasteiger partial charge in [-0.2, -0.15) is 0 Å². The fourth-order valence-corrected chi connectivity index (χ4v) is 1.81. The summed E-state index contributed by atoms with van der Waals surface area (Å²) in [6.07, 6.45) is 7.74. The summed E-state index contributed by atoms with van der Waals surface area (Å²) in [6, 6.07) is 0. The molecule has 2 heterocycles. The summed E-state index contributed by atoms with van der Waals surface area (Å²) >= 11 is 0. The molecule has 15 heavy (non-hydrogen) atoms. The van der Waals surface area contributed by atoms with Gasteiger partial charge in [0.05, 0.1) is 24.1 Å². The van der Waals surface area contributed by atoms with Crippen molar-refractivity contribution in [3.05, 3.63) is 24.3 Å². The quantitative estimate of drug-likeness (QED) is 0.811. The lowest BCUT2D eigenvalue weighted by Crippen LogP contribution is -2.33. The minimum atomic E-state index is 0.0433. The highest BCUT2D eigenvalue weighted by atomic mass is 16.5. The summed E-state index contributed by atoms with van der Waals surface area (Å²) in [7, 11) is 0. The number of piperidine rings is 1.